The Labute approximate surface area is 115 Å². The van der Waals surface area contributed by atoms with Crippen molar-refractivity contribution in [1.82, 2.24) is 5.32 Å². The Balaban J connectivity index is 2.17. The van der Waals surface area contributed by atoms with Crippen LogP contribution in [0.15, 0.2) is 30.3 Å². The van der Waals surface area contributed by atoms with Gasteiger partial charge in [0.2, 0.25) is 0 Å². The van der Waals surface area contributed by atoms with Gasteiger partial charge < -0.3 is 10.1 Å². The highest BCUT2D eigenvalue weighted by Crippen LogP contribution is 2.34. The zero-order valence-electron chi connectivity index (χ0n) is 11.7. The highest BCUT2D eigenvalue weighted by molar-refractivity contribution is 5.83. The van der Waals surface area contributed by atoms with Crippen molar-refractivity contribution in [1.29, 1.82) is 0 Å². The monoisotopic (exact) mass is 261 g/mol. The molecule has 0 bridgehead atoms. The van der Waals surface area contributed by atoms with Gasteiger partial charge in [-0.25, -0.2) is 0 Å². The van der Waals surface area contributed by atoms with Gasteiger partial charge in [0, 0.05) is 0 Å². The smallest absolute Gasteiger partial charge is 0.316 e. The molecule has 1 aromatic rings. The molecule has 1 saturated heterocycles. The maximum Gasteiger partial charge on any atom is 0.316 e. The zero-order chi connectivity index (χ0) is 13.6. The molecule has 1 heterocycles. The molecule has 104 valence electrons. The maximum atomic E-state index is 12.5. The van der Waals surface area contributed by atoms with Crippen molar-refractivity contribution in [3.05, 3.63) is 35.9 Å². The summed E-state index contributed by atoms with van der Waals surface area (Å²) in [6.45, 7) is 4.39. The van der Waals surface area contributed by atoms with Gasteiger partial charge in [0.05, 0.1) is 12.0 Å². The van der Waals surface area contributed by atoms with E-state index in [0.29, 0.717) is 6.61 Å². The van der Waals surface area contributed by atoms with Crippen LogP contribution in [0.1, 0.15) is 38.2 Å². The average molecular weight is 261 g/mol. The van der Waals surface area contributed by atoms with Crippen molar-refractivity contribution < 1.29 is 9.53 Å². The number of carbonyl (C=O) groups excluding carboxylic acids is 1. The largest absolute Gasteiger partial charge is 0.465 e. The van der Waals surface area contributed by atoms with Crippen LogP contribution in [-0.2, 0) is 14.9 Å². The third-order valence-electron chi connectivity index (χ3n) is 3.91. The molecule has 19 heavy (non-hydrogen) atoms. The van der Waals surface area contributed by atoms with Crippen LogP contribution in [0.25, 0.3) is 0 Å². The lowest BCUT2D eigenvalue weighted by molar-refractivity contribution is -0.152. The minimum absolute atomic E-state index is 0.0475. The summed E-state index contributed by atoms with van der Waals surface area (Å²) in [7, 11) is 0. The Morgan fingerprint density at radius 1 is 1.26 bits per heavy atom. The quantitative estimate of drug-likeness (QED) is 0.654. The lowest BCUT2D eigenvalue weighted by atomic mass is 9.73. The summed E-state index contributed by atoms with van der Waals surface area (Å²) >= 11 is 0. The van der Waals surface area contributed by atoms with Crippen LogP contribution < -0.4 is 5.32 Å². The third-order valence-corrected chi connectivity index (χ3v) is 3.91. The summed E-state index contributed by atoms with van der Waals surface area (Å²) in [5.74, 6) is -0.0475. The minimum atomic E-state index is -0.444. The van der Waals surface area contributed by atoms with E-state index in [-0.39, 0.29) is 5.97 Å². The predicted octanol–water partition coefficient (Wildman–Crippen LogP) is 2.65. The number of nitrogens with one attached hydrogen (secondary N) is 1. The fourth-order valence-electron chi connectivity index (χ4n) is 2.67. The summed E-state index contributed by atoms with van der Waals surface area (Å²) in [6, 6.07) is 10.1. The first kappa shape index (κ1) is 14.1. The van der Waals surface area contributed by atoms with E-state index < -0.39 is 5.41 Å². The number of ether oxygens (including phenoxy) is 1. The van der Waals surface area contributed by atoms with Gasteiger partial charge in [-0.1, -0.05) is 43.7 Å². The molecule has 3 heteroatoms. The van der Waals surface area contributed by atoms with Crippen molar-refractivity contribution >= 4 is 5.97 Å². The molecule has 2 rings (SSSR count). The van der Waals surface area contributed by atoms with Crippen LogP contribution in [0, 0.1) is 0 Å². The summed E-state index contributed by atoms with van der Waals surface area (Å²) in [4.78, 5) is 12.5. The van der Waals surface area contributed by atoms with Gasteiger partial charge in [0.1, 0.15) is 0 Å². The highest BCUT2D eigenvalue weighted by Gasteiger charge is 2.42. The number of rotatable bonds is 5. The Hall–Kier alpha value is -1.35. The molecule has 0 aromatic heterocycles. The number of piperidine rings is 1. The minimum Gasteiger partial charge on any atom is -0.465 e. The normalized spacial score (nSPS) is 17.9. The highest BCUT2D eigenvalue weighted by atomic mass is 16.5. The fourth-order valence-corrected chi connectivity index (χ4v) is 2.67. The first-order valence-corrected chi connectivity index (χ1v) is 7.23. The standard InChI is InChI=1S/C16H23NO2/c1-2-3-13-19-15(18)16(9-11-17-12-10-16)14-7-5-4-6-8-14/h4-8,17H,2-3,9-13H2,1H3. The summed E-state index contributed by atoms with van der Waals surface area (Å²) < 4.78 is 5.51. The molecule has 0 unspecified atom stereocenters. The number of benzene rings is 1. The van der Waals surface area contributed by atoms with Crippen molar-refractivity contribution in [2.45, 2.75) is 38.0 Å². The molecule has 3 nitrogen and oxygen atoms in total. The topological polar surface area (TPSA) is 38.3 Å². The first-order chi connectivity index (χ1) is 9.29. The van der Waals surface area contributed by atoms with Crippen LogP contribution in [-0.4, -0.2) is 25.7 Å². The average Bonchev–Trinajstić information content (AvgIpc) is 2.49. The second kappa shape index (κ2) is 6.71. The van der Waals surface area contributed by atoms with Gasteiger partial charge in [-0.05, 0) is 37.9 Å². The van der Waals surface area contributed by atoms with E-state index in [1.165, 1.54) is 0 Å². The molecule has 1 aromatic carbocycles. The molecule has 0 amide bonds. The van der Waals surface area contributed by atoms with Gasteiger partial charge in [-0.3, -0.25) is 4.79 Å². The van der Waals surface area contributed by atoms with E-state index >= 15 is 0 Å². The van der Waals surface area contributed by atoms with Crippen molar-refractivity contribution in [3.8, 4) is 0 Å². The van der Waals surface area contributed by atoms with Gasteiger partial charge in [-0.2, -0.15) is 0 Å². The Bertz CT molecular complexity index is 396. The second-order valence-corrected chi connectivity index (χ2v) is 5.19. The molecule has 0 atom stereocenters. The Kier molecular flexibility index (Phi) is 4.97. The summed E-state index contributed by atoms with van der Waals surface area (Å²) in [6.07, 6.45) is 3.63. The van der Waals surface area contributed by atoms with E-state index in [1.54, 1.807) is 0 Å². The van der Waals surface area contributed by atoms with Gasteiger partial charge in [0.25, 0.3) is 0 Å². The van der Waals surface area contributed by atoms with Crippen molar-refractivity contribution in [2.24, 2.45) is 0 Å². The summed E-state index contributed by atoms with van der Waals surface area (Å²) in [5, 5.41) is 3.32. The lowest BCUT2D eigenvalue weighted by Crippen LogP contribution is -2.46. The number of hydrogen-bond acceptors (Lipinski definition) is 3. The van der Waals surface area contributed by atoms with Crippen LogP contribution >= 0.6 is 0 Å². The molecular formula is C16H23NO2. The molecule has 0 radical (unpaired) electrons. The Morgan fingerprint density at radius 2 is 1.95 bits per heavy atom. The fraction of sp³-hybridized carbons (Fsp3) is 0.562. The first-order valence-electron chi connectivity index (χ1n) is 7.23. The number of carbonyl (C=O) groups is 1. The van der Waals surface area contributed by atoms with Gasteiger partial charge >= 0.3 is 5.97 Å². The summed E-state index contributed by atoms with van der Waals surface area (Å²) in [5.41, 5.74) is 0.651. The van der Waals surface area contributed by atoms with E-state index in [0.717, 1.165) is 44.3 Å². The van der Waals surface area contributed by atoms with Crippen LogP contribution in [0.4, 0.5) is 0 Å². The third kappa shape index (κ3) is 3.16. The number of unbranched alkanes of at least 4 members (excludes halogenated alkanes) is 1. The van der Waals surface area contributed by atoms with E-state index in [1.807, 2.05) is 30.3 Å². The molecule has 1 aliphatic heterocycles. The number of hydrogen-bond donors (Lipinski definition) is 1. The molecule has 1 fully saturated rings. The van der Waals surface area contributed by atoms with E-state index in [2.05, 4.69) is 12.2 Å². The maximum absolute atomic E-state index is 12.5. The molecular weight excluding hydrogens is 238 g/mol. The van der Waals surface area contributed by atoms with Crippen LogP contribution in [0.3, 0.4) is 0 Å². The molecule has 0 spiro atoms. The van der Waals surface area contributed by atoms with E-state index in [9.17, 15) is 4.79 Å². The lowest BCUT2D eigenvalue weighted by Gasteiger charge is -2.35. The molecule has 1 N–H and O–H groups in total. The predicted molar refractivity (Wildman–Crippen MR) is 76.1 cm³/mol. The molecule has 0 aliphatic carbocycles. The van der Waals surface area contributed by atoms with Gasteiger partial charge in [-0.15, -0.1) is 0 Å². The zero-order valence-corrected chi connectivity index (χ0v) is 11.7. The SMILES string of the molecule is CCCCOC(=O)C1(c2ccccc2)CCNCC1. The Morgan fingerprint density at radius 3 is 2.58 bits per heavy atom. The van der Waals surface area contributed by atoms with Crippen molar-refractivity contribution in [3.63, 3.8) is 0 Å². The van der Waals surface area contributed by atoms with Crippen LogP contribution in [0.2, 0.25) is 0 Å². The second-order valence-electron chi connectivity index (χ2n) is 5.19. The van der Waals surface area contributed by atoms with E-state index in [4.69, 9.17) is 4.74 Å². The van der Waals surface area contributed by atoms with Crippen molar-refractivity contribution in [2.75, 3.05) is 19.7 Å². The molecule has 1 aliphatic rings. The number of esters is 1. The molecule has 0 saturated carbocycles. The van der Waals surface area contributed by atoms with Crippen LogP contribution in [0.5, 0.6) is 0 Å². The van der Waals surface area contributed by atoms with Gasteiger partial charge in [0.15, 0.2) is 0 Å².